The highest BCUT2D eigenvalue weighted by molar-refractivity contribution is 5.35. The van der Waals surface area contributed by atoms with Gasteiger partial charge >= 0.3 is 6.61 Å². The van der Waals surface area contributed by atoms with Crippen LogP contribution in [0.5, 0.6) is 5.75 Å². The van der Waals surface area contributed by atoms with Crippen LogP contribution in [0.2, 0.25) is 0 Å². The van der Waals surface area contributed by atoms with Crippen molar-refractivity contribution < 1.29 is 13.5 Å². The highest BCUT2D eigenvalue weighted by atomic mass is 19.3. The van der Waals surface area contributed by atoms with Gasteiger partial charge in [-0.05, 0) is 32.3 Å². The molecule has 1 aromatic rings. The molecular formula is C15H23F2NO. The van der Waals surface area contributed by atoms with Gasteiger partial charge in [0.05, 0.1) is 0 Å². The van der Waals surface area contributed by atoms with E-state index in [9.17, 15) is 8.78 Å². The van der Waals surface area contributed by atoms with Crippen LogP contribution in [0.1, 0.15) is 45.7 Å². The predicted octanol–water partition coefficient (Wildman–Crippen LogP) is 4.37. The molecule has 0 aliphatic rings. The Balaban J connectivity index is 2.73. The van der Waals surface area contributed by atoms with E-state index in [2.05, 4.69) is 30.8 Å². The van der Waals surface area contributed by atoms with Crippen molar-refractivity contribution >= 4 is 0 Å². The van der Waals surface area contributed by atoms with Gasteiger partial charge in [-0.2, -0.15) is 8.78 Å². The summed E-state index contributed by atoms with van der Waals surface area (Å²) in [6.07, 6.45) is 1.04. The molecule has 2 unspecified atom stereocenters. The molecule has 0 spiro atoms. The van der Waals surface area contributed by atoms with Crippen LogP contribution in [0.4, 0.5) is 8.78 Å². The topological polar surface area (TPSA) is 21.3 Å². The molecule has 2 atom stereocenters. The summed E-state index contributed by atoms with van der Waals surface area (Å²) < 4.78 is 29.3. The summed E-state index contributed by atoms with van der Waals surface area (Å²) in [5.74, 6) is 0.844. The third-order valence-electron chi connectivity index (χ3n) is 2.96. The molecule has 0 heterocycles. The first-order chi connectivity index (χ1) is 8.90. The zero-order valence-electron chi connectivity index (χ0n) is 12.0. The number of hydrogen-bond donors (Lipinski definition) is 1. The number of rotatable bonds is 7. The van der Waals surface area contributed by atoms with Gasteiger partial charge in [-0.25, -0.2) is 0 Å². The number of ether oxygens (including phenoxy) is 1. The van der Waals surface area contributed by atoms with E-state index in [1.807, 2.05) is 19.1 Å². The van der Waals surface area contributed by atoms with Crippen molar-refractivity contribution in [3.8, 4) is 5.75 Å². The third-order valence-corrected chi connectivity index (χ3v) is 2.96. The summed E-state index contributed by atoms with van der Waals surface area (Å²) in [4.78, 5) is 0. The number of alkyl halides is 2. The summed E-state index contributed by atoms with van der Waals surface area (Å²) in [7, 11) is 0. The maximum Gasteiger partial charge on any atom is 0.387 e. The maximum atomic E-state index is 12.4. The van der Waals surface area contributed by atoms with E-state index in [1.165, 1.54) is 0 Å². The highest BCUT2D eigenvalue weighted by Crippen LogP contribution is 2.26. The first-order valence-electron chi connectivity index (χ1n) is 6.70. The molecule has 4 heteroatoms. The summed E-state index contributed by atoms with van der Waals surface area (Å²) >= 11 is 0. The van der Waals surface area contributed by atoms with Crippen molar-refractivity contribution in [1.82, 2.24) is 5.32 Å². The molecule has 1 aromatic carbocycles. The van der Waals surface area contributed by atoms with Crippen LogP contribution in [0.3, 0.4) is 0 Å². The van der Waals surface area contributed by atoms with E-state index in [-0.39, 0.29) is 11.8 Å². The minimum Gasteiger partial charge on any atom is -0.434 e. The molecule has 0 fully saturated rings. The standard InChI is InChI=1S/C15H23F2NO/c1-10(2)9-11(3)18-12(4)13-7-5-6-8-14(13)19-15(16)17/h5-8,10-12,15,18H,9H2,1-4H3. The van der Waals surface area contributed by atoms with E-state index in [0.717, 1.165) is 12.0 Å². The number of para-hydroxylation sites is 1. The van der Waals surface area contributed by atoms with Gasteiger partial charge in [0, 0.05) is 17.6 Å². The second-order valence-electron chi connectivity index (χ2n) is 5.34. The Bertz CT molecular complexity index is 382. The Morgan fingerprint density at radius 3 is 2.32 bits per heavy atom. The lowest BCUT2D eigenvalue weighted by Gasteiger charge is -2.23. The molecule has 0 aliphatic heterocycles. The zero-order chi connectivity index (χ0) is 14.4. The first-order valence-corrected chi connectivity index (χ1v) is 6.70. The van der Waals surface area contributed by atoms with Gasteiger partial charge in [0.15, 0.2) is 0 Å². The molecule has 1 N–H and O–H groups in total. The molecule has 0 saturated carbocycles. The molecule has 0 radical (unpaired) electrons. The molecular weight excluding hydrogens is 248 g/mol. The van der Waals surface area contributed by atoms with Gasteiger partial charge in [0.25, 0.3) is 0 Å². The van der Waals surface area contributed by atoms with Crippen molar-refractivity contribution in [3.63, 3.8) is 0 Å². The Labute approximate surface area is 114 Å². The molecule has 0 amide bonds. The molecule has 2 nitrogen and oxygen atoms in total. The Morgan fingerprint density at radius 2 is 1.74 bits per heavy atom. The summed E-state index contributed by atoms with van der Waals surface area (Å²) in [5.41, 5.74) is 0.762. The molecule has 0 aliphatic carbocycles. The van der Waals surface area contributed by atoms with Crippen LogP contribution in [0.15, 0.2) is 24.3 Å². The molecule has 0 bridgehead atoms. The molecule has 0 aromatic heterocycles. The number of nitrogens with one attached hydrogen (secondary N) is 1. The van der Waals surface area contributed by atoms with E-state index in [1.54, 1.807) is 12.1 Å². The second-order valence-corrected chi connectivity index (χ2v) is 5.34. The van der Waals surface area contributed by atoms with Crippen LogP contribution in [-0.2, 0) is 0 Å². The number of hydrogen-bond acceptors (Lipinski definition) is 2. The van der Waals surface area contributed by atoms with Crippen LogP contribution >= 0.6 is 0 Å². The fourth-order valence-electron chi connectivity index (χ4n) is 2.33. The maximum absolute atomic E-state index is 12.4. The van der Waals surface area contributed by atoms with Crippen LogP contribution in [-0.4, -0.2) is 12.7 Å². The summed E-state index contributed by atoms with van der Waals surface area (Å²) in [6.45, 7) is 5.60. The van der Waals surface area contributed by atoms with Crippen molar-refractivity contribution in [2.75, 3.05) is 0 Å². The van der Waals surface area contributed by atoms with Crippen LogP contribution in [0.25, 0.3) is 0 Å². The van der Waals surface area contributed by atoms with E-state index >= 15 is 0 Å². The smallest absolute Gasteiger partial charge is 0.387 e. The summed E-state index contributed by atoms with van der Waals surface area (Å²) in [6, 6.07) is 7.23. The fourth-order valence-corrected chi connectivity index (χ4v) is 2.33. The Kier molecular flexibility index (Phi) is 6.22. The van der Waals surface area contributed by atoms with E-state index < -0.39 is 6.61 Å². The lowest BCUT2D eigenvalue weighted by molar-refractivity contribution is -0.0506. The van der Waals surface area contributed by atoms with Crippen molar-refractivity contribution in [1.29, 1.82) is 0 Å². The van der Waals surface area contributed by atoms with Crippen LogP contribution in [0, 0.1) is 5.92 Å². The average Bonchev–Trinajstić information content (AvgIpc) is 2.27. The van der Waals surface area contributed by atoms with Crippen molar-refractivity contribution in [3.05, 3.63) is 29.8 Å². The quantitative estimate of drug-likeness (QED) is 0.795. The molecule has 108 valence electrons. The summed E-state index contributed by atoms with van der Waals surface area (Å²) in [5, 5.41) is 3.42. The molecule has 0 saturated heterocycles. The van der Waals surface area contributed by atoms with Crippen molar-refractivity contribution in [2.24, 2.45) is 5.92 Å². The van der Waals surface area contributed by atoms with Gasteiger partial charge < -0.3 is 10.1 Å². The number of halogens is 2. The largest absolute Gasteiger partial charge is 0.434 e. The van der Waals surface area contributed by atoms with E-state index in [0.29, 0.717) is 12.0 Å². The van der Waals surface area contributed by atoms with Crippen LogP contribution < -0.4 is 10.1 Å². The minimum atomic E-state index is -2.79. The zero-order valence-corrected chi connectivity index (χ0v) is 12.0. The SMILES string of the molecule is CC(C)CC(C)NC(C)c1ccccc1OC(F)F. The third kappa shape index (κ3) is 5.55. The Morgan fingerprint density at radius 1 is 1.11 bits per heavy atom. The van der Waals surface area contributed by atoms with Gasteiger partial charge in [0.2, 0.25) is 0 Å². The minimum absolute atomic E-state index is 0.0244. The van der Waals surface area contributed by atoms with E-state index in [4.69, 9.17) is 0 Å². The lowest BCUT2D eigenvalue weighted by Crippen LogP contribution is -2.30. The monoisotopic (exact) mass is 271 g/mol. The van der Waals surface area contributed by atoms with Gasteiger partial charge in [0.1, 0.15) is 5.75 Å². The predicted molar refractivity (Wildman–Crippen MR) is 73.5 cm³/mol. The number of benzene rings is 1. The normalized spacial score (nSPS) is 14.7. The van der Waals surface area contributed by atoms with Gasteiger partial charge in [-0.3, -0.25) is 0 Å². The highest BCUT2D eigenvalue weighted by Gasteiger charge is 2.16. The lowest BCUT2D eigenvalue weighted by atomic mass is 10.0. The van der Waals surface area contributed by atoms with Gasteiger partial charge in [-0.15, -0.1) is 0 Å². The first kappa shape index (κ1) is 15.9. The van der Waals surface area contributed by atoms with Crippen molar-refractivity contribution in [2.45, 2.75) is 52.8 Å². The fraction of sp³-hybridized carbons (Fsp3) is 0.600. The molecule has 1 rings (SSSR count). The average molecular weight is 271 g/mol. The second kappa shape index (κ2) is 7.43. The van der Waals surface area contributed by atoms with Gasteiger partial charge in [-0.1, -0.05) is 32.0 Å². The molecule has 19 heavy (non-hydrogen) atoms. The Hall–Kier alpha value is -1.16.